The Bertz CT molecular complexity index is 418. The van der Waals surface area contributed by atoms with Gasteiger partial charge in [0.05, 0.1) is 5.75 Å². The molecular weight excluding hydrogens is 314 g/mol. The topological polar surface area (TPSA) is 83.5 Å². The Labute approximate surface area is 141 Å². The van der Waals surface area contributed by atoms with Crippen LogP contribution in [0.5, 0.6) is 0 Å². The van der Waals surface area contributed by atoms with Crippen molar-refractivity contribution in [3.05, 3.63) is 12.2 Å². The molecule has 0 aliphatic rings. The smallest absolute Gasteiger partial charge is 0.266 e. The molecule has 0 aromatic heterocycles. The molecule has 1 amide bonds. The Morgan fingerprint density at radius 1 is 0.957 bits per heavy atom. The first-order valence-corrected chi connectivity index (χ1v) is 10.4. The molecule has 0 aromatic carbocycles. The number of amides is 1. The zero-order valence-electron chi connectivity index (χ0n) is 14.4. The third-order valence-electron chi connectivity index (χ3n) is 3.60. The van der Waals surface area contributed by atoms with Gasteiger partial charge in [0.1, 0.15) is 0 Å². The quantitative estimate of drug-likeness (QED) is 0.268. The van der Waals surface area contributed by atoms with Gasteiger partial charge in [-0.3, -0.25) is 9.35 Å². The standard InChI is InChI=1S/C17H33NO4S/c1-2-3-4-5-6-7-8-9-10-11-12-13-14-17(19)18-15-16-23(20,21)22/h6-7H,2-5,8-16H2,1H3,(H,18,19)(H,20,21,22)/b7-6-. The van der Waals surface area contributed by atoms with Gasteiger partial charge >= 0.3 is 0 Å². The maximum absolute atomic E-state index is 11.4. The fraction of sp³-hybridized carbons (Fsp3) is 0.824. The number of allylic oxidation sites excluding steroid dienone is 2. The van der Waals surface area contributed by atoms with Crippen LogP contribution in [0, 0.1) is 0 Å². The lowest BCUT2D eigenvalue weighted by atomic mass is 10.1. The molecule has 0 atom stereocenters. The van der Waals surface area contributed by atoms with Gasteiger partial charge in [0, 0.05) is 13.0 Å². The summed E-state index contributed by atoms with van der Waals surface area (Å²) in [4.78, 5) is 11.4. The first kappa shape index (κ1) is 22.1. The fourth-order valence-electron chi connectivity index (χ4n) is 2.23. The normalized spacial score (nSPS) is 11.9. The molecule has 23 heavy (non-hydrogen) atoms. The minimum atomic E-state index is -3.99. The predicted octanol–water partition coefficient (Wildman–Crippen LogP) is 3.86. The monoisotopic (exact) mass is 347 g/mol. The largest absolute Gasteiger partial charge is 0.355 e. The van der Waals surface area contributed by atoms with E-state index in [1.54, 1.807) is 0 Å². The van der Waals surface area contributed by atoms with Crippen molar-refractivity contribution in [3.8, 4) is 0 Å². The zero-order valence-corrected chi connectivity index (χ0v) is 15.2. The van der Waals surface area contributed by atoms with Gasteiger partial charge in [0.25, 0.3) is 10.1 Å². The first-order chi connectivity index (χ1) is 11.0. The minimum Gasteiger partial charge on any atom is -0.355 e. The van der Waals surface area contributed by atoms with Crippen molar-refractivity contribution in [1.82, 2.24) is 5.32 Å². The van der Waals surface area contributed by atoms with Gasteiger partial charge < -0.3 is 5.32 Å². The van der Waals surface area contributed by atoms with Gasteiger partial charge in [0.15, 0.2) is 0 Å². The van der Waals surface area contributed by atoms with Crippen LogP contribution in [0.15, 0.2) is 12.2 Å². The lowest BCUT2D eigenvalue weighted by Crippen LogP contribution is -2.28. The summed E-state index contributed by atoms with van der Waals surface area (Å²) in [5, 5.41) is 2.49. The highest BCUT2D eigenvalue weighted by Gasteiger charge is 2.06. The molecule has 6 heteroatoms. The van der Waals surface area contributed by atoms with Crippen molar-refractivity contribution >= 4 is 16.0 Å². The van der Waals surface area contributed by atoms with Gasteiger partial charge in [-0.05, 0) is 32.1 Å². The van der Waals surface area contributed by atoms with E-state index < -0.39 is 15.9 Å². The van der Waals surface area contributed by atoms with Crippen LogP contribution in [0.3, 0.4) is 0 Å². The number of rotatable bonds is 15. The van der Waals surface area contributed by atoms with E-state index in [0.717, 1.165) is 25.7 Å². The van der Waals surface area contributed by atoms with Gasteiger partial charge in [-0.2, -0.15) is 8.42 Å². The highest BCUT2D eigenvalue weighted by atomic mass is 32.2. The molecular formula is C17H33NO4S. The molecule has 0 aliphatic carbocycles. The second kappa shape index (κ2) is 14.7. The van der Waals surface area contributed by atoms with E-state index in [4.69, 9.17) is 4.55 Å². The third kappa shape index (κ3) is 19.1. The molecule has 0 saturated carbocycles. The van der Waals surface area contributed by atoms with Crippen LogP contribution in [-0.4, -0.2) is 31.2 Å². The average molecular weight is 348 g/mol. The Morgan fingerprint density at radius 2 is 1.52 bits per heavy atom. The van der Waals surface area contributed by atoms with Crippen LogP contribution in [-0.2, 0) is 14.9 Å². The number of unbranched alkanes of at least 4 members (excludes halogenated alkanes) is 8. The fourth-order valence-corrected chi connectivity index (χ4v) is 2.59. The number of hydrogen-bond donors (Lipinski definition) is 2. The maximum atomic E-state index is 11.4. The zero-order chi connectivity index (χ0) is 17.4. The number of hydrogen-bond acceptors (Lipinski definition) is 3. The van der Waals surface area contributed by atoms with E-state index in [1.165, 1.54) is 38.5 Å². The van der Waals surface area contributed by atoms with Crippen LogP contribution in [0.4, 0.5) is 0 Å². The minimum absolute atomic E-state index is 0.0255. The highest BCUT2D eigenvalue weighted by Crippen LogP contribution is 2.08. The summed E-state index contributed by atoms with van der Waals surface area (Å²) in [7, 11) is -3.99. The van der Waals surface area contributed by atoms with E-state index in [2.05, 4.69) is 24.4 Å². The summed E-state index contributed by atoms with van der Waals surface area (Å²) in [6.45, 7) is 2.19. The second-order valence-electron chi connectivity index (χ2n) is 5.91. The highest BCUT2D eigenvalue weighted by molar-refractivity contribution is 7.85. The molecule has 0 aromatic rings. The van der Waals surface area contributed by atoms with E-state index in [-0.39, 0.29) is 12.5 Å². The Kier molecular flexibility index (Phi) is 14.1. The molecule has 0 fully saturated rings. The average Bonchev–Trinajstić information content (AvgIpc) is 2.47. The lowest BCUT2D eigenvalue weighted by molar-refractivity contribution is -0.121. The summed E-state index contributed by atoms with van der Waals surface area (Å²) in [6.07, 6.45) is 16.5. The van der Waals surface area contributed by atoms with Crippen molar-refractivity contribution in [1.29, 1.82) is 0 Å². The molecule has 0 unspecified atom stereocenters. The Morgan fingerprint density at radius 3 is 2.13 bits per heavy atom. The summed E-state index contributed by atoms with van der Waals surface area (Å²) in [5.74, 6) is -0.575. The van der Waals surface area contributed by atoms with Crippen LogP contribution in [0.2, 0.25) is 0 Å². The van der Waals surface area contributed by atoms with Gasteiger partial charge in [-0.1, -0.05) is 51.2 Å². The molecule has 2 N–H and O–H groups in total. The first-order valence-electron chi connectivity index (χ1n) is 8.82. The Hall–Kier alpha value is -0.880. The van der Waals surface area contributed by atoms with E-state index >= 15 is 0 Å². The van der Waals surface area contributed by atoms with Gasteiger partial charge in [0.2, 0.25) is 5.91 Å². The number of nitrogens with one attached hydrogen (secondary N) is 1. The summed E-state index contributed by atoms with van der Waals surface area (Å²) in [5.41, 5.74) is 0. The summed E-state index contributed by atoms with van der Waals surface area (Å²) >= 11 is 0. The SMILES string of the molecule is CCCCC/C=C\CCCCCCCC(=O)NCCS(=O)(=O)O. The molecule has 0 heterocycles. The molecule has 5 nitrogen and oxygen atoms in total. The van der Waals surface area contributed by atoms with Gasteiger partial charge in [-0.15, -0.1) is 0 Å². The van der Waals surface area contributed by atoms with E-state index in [9.17, 15) is 13.2 Å². The van der Waals surface area contributed by atoms with E-state index in [1.807, 2.05) is 0 Å². The van der Waals surface area contributed by atoms with Gasteiger partial charge in [-0.25, -0.2) is 0 Å². The third-order valence-corrected chi connectivity index (χ3v) is 4.32. The molecule has 0 aliphatic heterocycles. The maximum Gasteiger partial charge on any atom is 0.266 e. The predicted molar refractivity (Wildman–Crippen MR) is 95.0 cm³/mol. The van der Waals surface area contributed by atoms with Crippen LogP contribution >= 0.6 is 0 Å². The lowest BCUT2D eigenvalue weighted by Gasteiger charge is -2.04. The molecule has 136 valence electrons. The molecule has 0 rings (SSSR count). The number of carbonyl (C=O) groups excluding carboxylic acids is 1. The summed E-state index contributed by atoms with van der Waals surface area (Å²) in [6, 6.07) is 0. The Balaban J connectivity index is 3.31. The van der Waals surface area contributed by atoms with E-state index in [0.29, 0.717) is 6.42 Å². The van der Waals surface area contributed by atoms with Crippen LogP contribution in [0.1, 0.15) is 77.6 Å². The summed E-state index contributed by atoms with van der Waals surface area (Å²) < 4.78 is 29.5. The molecule has 0 bridgehead atoms. The number of carbonyl (C=O) groups is 1. The van der Waals surface area contributed by atoms with Crippen molar-refractivity contribution in [2.45, 2.75) is 77.6 Å². The molecule has 0 saturated heterocycles. The van der Waals surface area contributed by atoms with Crippen LogP contribution in [0.25, 0.3) is 0 Å². The molecule has 0 radical (unpaired) electrons. The van der Waals surface area contributed by atoms with Crippen molar-refractivity contribution in [2.24, 2.45) is 0 Å². The van der Waals surface area contributed by atoms with Crippen molar-refractivity contribution in [2.75, 3.05) is 12.3 Å². The van der Waals surface area contributed by atoms with Crippen molar-refractivity contribution in [3.63, 3.8) is 0 Å². The molecule has 0 spiro atoms. The van der Waals surface area contributed by atoms with Crippen molar-refractivity contribution < 1.29 is 17.8 Å². The second-order valence-corrected chi connectivity index (χ2v) is 7.48. The van der Waals surface area contributed by atoms with Crippen LogP contribution < -0.4 is 5.32 Å².